The highest BCUT2D eigenvalue weighted by molar-refractivity contribution is 7.98. The molecule has 0 spiro atoms. The summed E-state index contributed by atoms with van der Waals surface area (Å²) < 4.78 is 26.0. The summed E-state index contributed by atoms with van der Waals surface area (Å²) in [5.74, 6) is 1.68. The number of sulfonamides is 1. The summed E-state index contributed by atoms with van der Waals surface area (Å²) in [4.78, 5) is 4.79. The van der Waals surface area contributed by atoms with E-state index < -0.39 is 10.0 Å². The molecule has 8 heteroatoms. The number of aliphatic imine (C=N–C) groups is 1. The maximum Gasteiger partial charge on any atom is 0.242 e. The average molecular weight is 359 g/mol. The normalized spacial score (nSPS) is 12.5. The van der Waals surface area contributed by atoms with Gasteiger partial charge in [0.15, 0.2) is 5.96 Å². The van der Waals surface area contributed by atoms with Crippen molar-refractivity contribution < 1.29 is 8.42 Å². The van der Waals surface area contributed by atoms with E-state index in [1.54, 1.807) is 30.0 Å². The van der Waals surface area contributed by atoms with Crippen molar-refractivity contribution in [1.29, 1.82) is 0 Å². The average Bonchev–Trinajstić information content (AvgIpc) is 2.53. The quantitative estimate of drug-likeness (QED) is 0.417. The van der Waals surface area contributed by atoms with Crippen molar-refractivity contribution in [2.45, 2.75) is 18.4 Å². The first-order chi connectivity index (χ1) is 10.9. The molecule has 23 heavy (non-hydrogen) atoms. The molecule has 6 nitrogen and oxygen atoms in total. The van der Waals surface area contributed by atoms with Gasteiger partial charge in [-0.2, -0.15) is 11.8 Å². The van der Waals surface area contributed by atoms with Gasteiger partial charge in [0.25, 0.3) is 0 Å². The Morgan fingerprint density at radius 3 is 2.57 bits per heavy atom. The molecule has 0 heterocycles. The Balaban J connectivity index is 2.97. The van der Waals surface area contributed by atoms with Gasteiger partial charge in [-0.1, -0.05) is 18.2 Å². The summed E-state index contributed by atoms with van der Waals surface area (Å²) in [5.41, 5.74) is 0.684. The predicted octanol–water partition coefficient (Wildman–Crippen LogP) is 1.36. The number of nitrogens with zero attached hydrogens (tertiary/aromatic N) is 2. The molecule has 1 aromatic rings. The maximum absolute atomic E-state index is 12.4. The van der Waals surface area contributed by atoms with Crippen LogP contribution in [0.2, 0.25) is 0 Å². The van der Waals surface area contributed by atoms with Gasteiger partial charge in [-0.05, 0) is 24.8 Å². The predicted molar refractivity (Wildman–Crippen MR) is 98.5 cm³/mol. The summed E-state index contributed by atoms with van der Waals surface area (Å²) in [6, 6.07) is 6.97. The highest BCUT2D eigenvalue weighted by Gasteiger charge is 2.20. The summed E-state index contributed by atoms with van der Waals surface area (Å²) in [7, 11) is -0.406. The Kier molecular flexibility index (Phi) is 8.43. The lowest BCUT2D eigenvalue weighted by atomic mass is 10.2. The number of nitrogens with one attached hydrogen (secondary N) is 2. The zero-order valence-electron chi connectivity index (χ0n) is 14.2. The molecule has 0 fully saturated rings. The van der Waals surface area contributed by atoms with Gasteiger partial charge in [0, 0.05) is 32.9 Å². The first-order valence-electron chi connectivity index (χ1n) is 7.45. The molecule has 0 atom stereocenters. The zero-order valence-corrected chi connectivity index (χ0v) is 15.8. The molecular weight excluding hydrogens is 332 g/mol. The molecule has 0 saturated carbocycles. The molecule has 1 rings (SSSR count). The Bertz CT molecular complexity index is 616. The number of rotatable bonds is 8. The molecule has 0 amide bonds. The molecular formula is C15H26N4O2S2. The smallest absolute Gasteiger partial charge is 0.242 e. The van der Waals surface area contributed by atoms with Crippen LogP contribution in [0.5, 0.6) is 0 Å². The second-order valence-corrected chi connectivity index (χ2v) is 8.12. The van der Waals surface area contributed by atoms with E-state index in [1.807, 2.05) is 19.2 Å². The zero-order chi connectivity index (χ0) is 17.3. The summed E-state index contributed by atoms with van der Waals surface area (Å²) in [6.07, 6.45) is 2.05. The van der Waals surface area contributed by atoms with Crippen LogP contribution in [-0.2, 0) is 16.6 Å². The molecule has 0 bridgehead atoms. The van der Waals surface area contributed by atoms with Gasteiger partial charge in [-0.15, -0.1) is 0 Å². The second kappa shape index (κ2) is 9.79. The maximum atomic E-state index is 12.4. The minimum Gasteiger partial charge on any atom is -0.357 e. The van der Waals surface area contributed by atoms with Crippen LogP contribution in [0.4, 0.5) is 0 Å². The lowest BCUT2D eigenvalue weighted by Crippen LogP contribution is -2.38. The van der Waals surface area contributed by atoms with E-state index in [9.17, 15) is 8.42 Å². The fraction of sp³-hybridized carbons (Fsp3) is 0.533. The van der Waals surface area contributed by atoms with Gasteiger partial charge < -0.3 is 10.6 Å². The van der Waals surface area contributed by atoms with Crippen LogP contribution in [0, 0.1) is 0 Å². The van der Waals surface area contributed by atoms with Crippen molar-refractivity contribution in [2.75, 3.05) is 39.2 Å². The highest BCUT2D eigenvalue weighted by atomic mass is 32.2. The Morgan fingerprint density at radius 2 is 1.96 bits per heavy atom. The summed E-state index contributed by atoms with van der Waals surface area (Å²) in [5, 5.41) is 6.39. The molecule has 2 N–H and O–H groups in total. The van der Waals surface area contributed by atoms with Crippen LogP contribution in [0.25, 0.3) is 0 Å². The van der Waals surface area contributed by atoms with Gasteiger partial charge in [0.2, 0.25) is 10.0 Å². The standard InChI is InChI=1S/C15H26N4O2S2/c1-5-16-15(17-10-11-22-4)18-12-13-8-6-7-9-14(13)23(20,21)19(2)3/h6-9H,5,10-12H2,1-4H3,(H2,16,17,18). The molecule has 0 radical (unpaired) electrons. The third-order valence-electron chi connectivity index (χ3n) is 3.08. The summed E-state index contributed by atoms with van der Waals surface area (Å²) >= 11 is 1.76. The van der Waals surface area contributed by atoms with Gasteiger partial charge >= 0.3 is 0 Å². The van der Waals surface area contributed by atoms with Gasteiger partial charge in [-0.25, -0.2) is 17.7 Å². The monoisotopic (exact) mass is 358 g/mol. The first-order valence-corrected chi connectivity index (χ1v) is 10.3. The lowest BCUT2D eigenvalue weighted by Gasteiger charge is -2.15. The largest absolute Gasteiger partial charge is 0.357 e. The van der Waals surface area contributed by atoms with Crippen molar-refractivity contribution in [3.05, 3.63) is 29.8 Å². The molecule has 0 unspecified atom stereocenters. The summed E-state index contributed by atoms with van der Waals surface area (Å²) in [6.45, 7) is 3.86. The Morgan fingerprint density at radius 1 is 1.26 bits per heavy atom. The minimum atomic E-state index is -3.47. The van der Waals surface area contributed by atoms with Crippen LogP contribution >= 0.6 is 11.8 Å². The fourth-order valence-electron chi connectivity index (χ4n) is 1.86. The molecule has 0 saturated heterocycles. The highest BCUT2D eigenvalue weighted by Crippen LogP contribution is 2.19. The number of thioether (sulfide) groups is 1. The van der Waals surface area contributed by atoms with Gasteiger partial charge in [-0.3, -0.25) is 0 Å². The van der Waals surface area contributed by atoms with Crippen LogP contribution < -0.4 is 10.6 Å². The SMILES string of the molecule is CCNC(=NCc1ccccc1S(=O)(=O)N(C)C)NCCSC. The molecule has 0 aromatic heterocycles. The minimum absolute atomic E-state index is 0.300. The van der Waals surface area contributed by atoms with E-state index in [4.69, 9.17) is 0 Å². The fourth-order valence-corrected chi connectivity index (χ4v) is 3.27. The van der Waals surface area contributed by atoms with Gasteiger partial charge in [0.05, 0.1) is 11.4 Å². The number of hydrogen-bond donors (Lipinski definition) is 2. The first kappa shape index (κ1) is 19.8. The third-order valence-corrected chi connectivity index (χ3v) is 5.61. The molecule has 0 aliphatic rings. The lowest BCUT2D eigenvalue weighted by molar-refractivity contribution is 0.519. The third kappa shape index (κ3) is 6.04. The number of guanidine groups is 1. The van der Waals surface area contributed by atoms with E-state index in [0.29, 0.717) is 23.0 Å². The molecule has 130 valence electrons. The second-order valence-electron chi connectivity index (χ2n) is 5.01. The van der Waals surface area contributed by atoms with Crippen molar-refractivity contribution in [2.24, 2.45) is 4.99 Å². The van der Waals surface area contributed by atoms with Crippen LogP contribution in [0.1, 0.15) is 12.5 Å². The van der Waals surface area contributed by atoms with E-state index in [2.05, 4.69) is 15.6 Å². The number of benzene rings is 1. The number of hydrogen-bond acceptors (Lipinski definition) is 4. The molecule has 0 aliphatic carbocycles. The van der Waals surface area contributed by atoms with Crippen molar-refractivity contribution in [3.63, 3.8) is 0 Å². The van der Waals surface area contributed by atoms with Crippen LogP contribution in [-0.4, -0.2) is 57.9 Å². The van der Waals surface area contributed by atoms with Crippen molar-refractivity contribution in [1.82, 2.24) is 14.9 Å². The van der Waals surface area contributed by atoms with Crippen molar-refractivity contribution in [3.8, 4) is 0 Å². The van der Waals surface area contributed by atoms with E-state index in [1.165, 1.54) is 18.4 Å². The molecule has 0 aliphatic heterocycles. The van der Waals surface area contributed by atoms with Gasteiger partial charge in [0.1, 0.15) is 0 Å². The Labute approximate surface area is 143 Å². The van der Waals surface area contributed by atoms with Crippen molar-refractivity contribution >= 4 is 27.7 Å². The topological polar surface area (TPSA) is 73.8 Å². The van der Waals surface area contributed by atoms with Crippen LogP contribution in [0.15, 0.2) is 34.2 Å². The Hall–Kier alpha value is -1.25. The molecule has 1 aromatic carbocycles. The van der Waals surface area contributed by atoms with E-state index in [-0.39, 0.29) is 0 Å². The van der Waals surface area contributed by atoms with Crippen LogP contribution in [0.3, 0.4) is 0 Å². The van der Waals surface area contributed by atoms with E-state index in [0.717, 1.165) is 18.8 Å². The van der Waals surface area contributed by atoms with E-state index >= 15 is 0 Å².